The van der Waals surface area contributed by atoms with Gasteiger partial charge in [0.1, 0.15) is 18.0 Å². The molecule has 0 amide bonds. The minimum Gasteiger partial charge on any atom is -0.480 e. The second-order valence-electron chi connectivity index (χ2n) is 11.5. The molecule has 0 bridgehead atoms. The third kappa shape index (κ3) is 8.30. The number of pyridine rings is 1. The summed E-state index contributed by atoms with van der Waals surface area (Å²) < 4.78 is 30.2. The summed E-state index contributed by atoms with van der Waals surface area (Å²) in [6, 6.07) is 9.44. The first-order chi connectivity index (χ1) is 19.9. The van der Waals surface area contributed by atoms with Crippen LogP contribution >= 0.6 is 45.5 Å². The van der Waals surface area contributed by atoms with Gasteiger partial charge in [0.05, 0.1) is 35.6 Å². The lowest BCUT2D eigenvalue weighted by atomic mass is 9.97. The van der Waals surface area contributed by atoms with Crippen molar-refractivity contribution in [2.24, 2.45) is 5.92 Å². The van der Waals surface area contributed by atoms with Crippen molar-refractivity contribution in [1.82, 2.24) is 9.88 Å². The van der Waals surface area contributed by atoms with Gasteiger partial charge < -0.3 is 14.6 Å². The Morgan fingerprint density at radius 3 is 2.80 bits per heavy atom. The highest BCUT2D eigenvalue weighted by Crippen LogP contribution is 2.35. The van der Waals surface area contributed by atoms with E-state index < -0.39 is 18.2 Å². The summed E-state index contributed by atoms with van der Waals surface area (Å²) >= 11 is 4.57. The number of fused-ring (bicyclic) bond motifs is 1. The lowest BCUT2D eigenvalue weighted by Gasteiger charge is -2.28. The van der Waals surface area contributed by atoms with E-state index in [2.05, 4.69) is 60.7 Å². The highest BCUT2D eigenvalue weighted by atomic mass is 127. The number of halogens is 3. The number of rotatable bonds is 12. The molecule has 7 nitrogen and oxygen atoms in total. The fourth-order valence-corrected chi connectivity index (χ4v) is 7.56. The molecule has 0 spiro atoms. The average Bonchev–Trinajstić information content (AvgIpc) is 3.45. The number of likely N-dealkylation sites (tertiary alicyclic amines) is 1. The molecule has 2 saturated heterocycles. The zero-order valence-electron chi connectivity index (χ0n) is 23.5. The molecule has 5 rings (SSSR count). The van der Waals surface area contributed by atoms with Crippen LogP contribution in [0.3, 0.4) is 0 Å². The van der Waals surface area contributed by atoms with Crippen LogP contribution in [-0.4, -0.2) is 66.1 Å². The molecular formula is C31H40FI2N3O4. The molecule has 41 heavy (non-hydrogen) atoms. The van der Waals surface area contributed by atoms with E-state index in [1.165, 1.54) is 5.56 Å². The Labute approximate surface area is 270 Å². The summed E-state index contributed by atoms with van der Waals surface area (Å²) in [6.45, 7) is 3.84. The van der Waals surface area contributed by atoms with E-state index in [9.17, 15) is 9.90 Å². The first kappa shape index (κ1) is 31.3. The van der Waals surface area contributed by atoms with Gasteiger partial charge in [-0.3, -0.25) is 12.8 Å². The van der Waals surface area contributed by atoms with Crippen LogP contribution in [0.1, 0.15) is 73.4 Å². The number of carbonyl (C=O) groups is 1. The Morgan fingerprint density at radius 1 is 1.17 bits per heavy atom. The van der Waals surface area contributed by atoms with E-state index in [1.54, 1.807) is 0 Å². The van der Waals surface area contributed by atoms with Crippen LogP contribution < -0.4 is 3.11 Å². The first-order valence-electron chi connectivity index (χ1n) is 14.9. The molecule has 3 atom stereocenters. The summed E-state index contributed by atoms with van der Waals surface area (Å²) in [4.78, 5) is 19.4. The van der Waals surface area contributed by atoms with Gasteiger partial charge in [-0.1, -0.05) is 18.6 Å². The van der Waals surface area contributed by atoms with Crippen LogP contribution in [0.15, 0.2) is 30.3 Å². The maximum absolute atomic E-state index is 15.4. The Kier molecular flexibility index (Phi) is 11.5. The summed E-state index contributed by atoms with van der Waals surface area (Å²) in [5.41, 5.74) is 4.04. The molecule has 224 valence electrons. The number of unbranched alkanes of at least 4 members (excludes halogenated alkanes) is 1. The number of carboxylic acids is 1. The van der Waals surface area contributed by atoms with E-state index in [-0.39, 0.29) is 12.0 Å². The van der Waals surface area contributed by atoms with Crippen LogP contribution in [0.2, 0.25) is 0 Å². The molecule has 4 heterocycles. The molecule has 2 aromatic rings. The highest BCUT2D eigenvalue weighted by molar-refractivity contribution is 14.1. The minimum absolute atomic E-state index is 0.131. The normalized spacial score (nSPS) is 21.5. The van der Waals surface area contributed by atoms with Crippen LogP contribution in [0.5, 0.6) is 0 Å². The van der Waals surface area contributed by atoms with Crippen LogP contribution in [0, 0.1) is 9.49 Å². The summed E-state index contributed by atoms with van der Waals surface area (Å²) in [7, 11) is 0. The number of carboxylic acid groups (broad SMARTS) is 1. The SMILES string of the molecule is O=C(O)C(c1cc(I)ccc1COC1CCOCC1)N1CCC(C(F)CCCCc2ccc3c(n2)N(I)CCC3)C1. The Balaban J connectivity index is 1.14. The fourth-order valence-electron chi connectivity index (χ4n) is 6.29. The van der Waals surface area contributed by atoms with E-state index in [0.717, 1.165) is 77.7 Å². The van der Waals surface area contributed by atoms with Gasteiger partial charge in [0, 0.05) is 41.5 Å². The maximum Gasteiger partial charge on any atom is 0.325 e. The standard InChI is InChI=1S/C31H40FI2N3O4/c32-28(6-2-1-5-25-10-8-21-4-3-14-37(34)30(21)35-25)22-11-15-36(19-22)29(31(38)39)27-18-24(33)9-7-23(27)20-41-26-12-16-40-17-13-26/h7-10,18,22,26,28-29H,1-6,11-17,19-20H2,(H,38,39). The minimum atomic E-state index is -0.928. The summed E-state index contributed by atoms with van der Waals surface area (Å²) in [6.07, 6.45) is 6.91. The zero-order valence-corrected chi connectivity index (χ0v) is 27.8. The number of hydrogen-bond acceptors (Lipinski definition) is 6. The first-order valence-corrected chi connectivity index (χ1v) is 16.9. The Hall–Kier alpha value is -1.09. The second kappa shape index (κ2) is 15.1. The van der Waals surface area contributed by atoms with Crippen molar-refractivity contribution >= 4 is 57.2 Å². The molecule has 2 fully saturated rings. The molecule has 1 N–H and O–H groups in total. The monoisotopic (exact) mass is 791 g/mol. The van der Waals surface area contributed by atoms with Gasteiger partial charge >= 0.3 is 5.97 Å². The van der Waals surface area contributed by atoms with Gasteiger partial charge in [-0.15, -0.1) is 0 Å². The number of nitrogens with zero attached hydrogens (tertiary/aromatic N) is 3. The molecule has 3 aliphatic heterocycles. The lowest BCUT2D eigenvalue weighted by Crippen LogP contribution is -2.34. The zero-order chi connectivity index (χ0) is 28.8. The van der Waals surface area contributed by atoms with Crippen molar-refractivity contribution in [3.63, 3.8) is 0 Å². The Morgan fingerprint density at radius 2 is 2.00 bits per heavy atom. The number of anilines is 1. The van der Waals surface area contributed by atoms with Crippen molar-refractivity contribution in [3.05, 3.63) is 56.3 Å². The molecule has 10 heteroatoms. The molecular weight excluding hydrogens is 751 g/mol. The number of alkyl halides is 1. The highest BCUT2D eigenvalue weighted by Gasteiger charge is 2.37. The molecule has 3 unspecified atom stereocenters. The van der Waals surface area contributed by atoms with Crippen molar-refractivity contribution < 1.29 is 23.8 Å². The predicted octanol–water partition coefficient (Wildman–Crippen LogP) is 6.68. The van der Waals surface area contributed by atoms with Crippen LogP contribution in [-0.2, 0) is 33.7 Å². The average molecular weight is 791 g/mol. The quantitative estimate of drug-likeness (QED) is 0.146. The van der Waals surface area contributed by atoms with Gasteiger partial charge in [-0.2, -0.15) is 0 Å². The molecule has 3 aliphatic rings. The molecule has 0 aliphatic carbocycles. The fraction of sp³-hybridized carbons (Fsp3) is 0.613. The lowest BCUT2D eigenvalue weighted by molar-refractivity contribution is -0.143. The van der Waals surface area contributed by atoms with Crippen LogP contribution in [0.25, 0.3) is 0 Å². The van der Waals surface area contributed by atoms with E-state index in [0.29, 0.717) is 45.8 Å². The number of aryl methyl sites for hydroxylation is 2. The molecule has 1 aromatic heterocycles. The maximum atomic E-state index is 15.4. The topological polar surface area (TPSA) is 75.1 Å². The summed E-state index contributed by atoms with van der Waals surface area (Å²) in [5.74, 6) is 0.0529. The van der Waals surface area contributed by atoms with Crippen LogP contribution in [0.4, 0.5) is 10.2 Å². The van der Waals surface area contributed by atoms with Gasteiger partial charge in [0.2, 0.25) is 0 Å². The number of aromatic nitrogens is 1. The summed E-state index contributed by atoms with van der Waals surface area (Å²) in [5, 5.41) is 10.3. The number of aliphatic carboxylic acids is 1. The van der Waals surface area contributed by atoms with Gasteiger partial charge in [-0.25, -0.2) is 9.37 Å². The van der Waals surface area contributed by atoms with Crippen molar-refractivity contribution in [2.45, 2.75) is 82.7 Å². The second-order valence-corrected chi connectivity index (χ2v) is 13.9. The Bertz CT molecular complexity index is 1180. The molecule has 0 radical (unpaired) electrons. The van der Waals surface area contributed by atoms with Gasteiger partial charge in [0.25, 0.3) is 0 Å². The third-order valence-electron chi connectivity index (χ3n) is 8.62. The van der Waals surface area contributed by atoms with Gasteiger partial charge in [0.15, 0.2) is 0 Å². The van der Waals surface area contributed by atoms with Crippen molar-refractivity contribution in [1.29, 1.82) is 0 Å². The van der Waals surface area contributed by atoms with Crippen molar-refractivity contribution in [2.75, 3.05) is 36.0 Å². The number of benzene rings is 1. The molecule has 0 saturated carbocycles. The smallest absolute Gasteiger partial charge is 0.325 e. The largest absolute Gasteiger partial charge is 0.480 e. The predicted molar refractivity (Wildman–Crippen MR) is 174 cm³/mol. The van der Waals surface area contributed by atoms with E-state index in [4.69, 9.17) is 14.5 Å². The van der Waals surface area contributed by atoms with Gasteiger partial charge in [-0.05, 0) is 115 Å². The number of ether oxygens (including phenoxy) is 2. The number of hydrogen-bond donors (Lipinski definition) is 1. The van der Waals surface area contributed by atoms with E-state index >= 15 is 4.39 Å². The molecule has 1 aromatic carbocycles. The van der Waals surface area contributed by atoms with E-state index in [1.807, 2.05) is 23.1 Å². The third-order valence-corrected chi connectivity index (χ3v) is 10.2. The van der Waals surface area contributed by atoms with Crippen molar-refractivity contribution in [3.8, 4) is 0 Å².